The summed E-state index contributed by atoms with van der Waals surface area (Å²) in [5.74, 6) is 0. The Bertz CT molecular complexity index is 471. The molecule has 106 valence electrons. The second-order valence-corrected chi connectivity index (χ2v) is 5.72. The number of hydrogen-bond acceptors (Lipinski definition) is 1. The quantitative estimate of drug-likeness (QED) is 0.637. The van der Waals surface area contributed by atoms with Crippen LogP contribution in [0.15, 0.2) is 47.5 Å². The highest BCUT2D eigenvalue weighted by Crippen LogP contribution is 2.41. The van der Waals surface area contributed by atoms with Crippen LogP contribution in [0, 0.1) is 5.41 Å². The number of allylic oxidation sites excluding steroid dienone is 6. The third kappa shape index (κ3) is 3.31. The summed E-state index contributed by atoms with van der Waals surface area (Å²) < 4.78 is 39.3. The van der Waals surface area contributed by atoms with E-state index < -0.39 is 17.2 Å². The normalized spacial score (nSPS) is 18.4. The van der Waals surface area contributed by atoms with Crippen LogP contribution in [-0.4, -0.2) is 11.1 Å². The monoisotopic (exact) mass is 271 g/mol. The molecule has 1 aliphatic heterocycles. The van der Waals surface area contributed by atoms with E-state index in [0.29, 0.717) is 5.70 Å². The Morgan fingerprint density at radius 3 is 2.11 bits per heavy atom. The smallest absolute Gasteiger partial charge is 0.318 e. The van der Waals surface area contributed by atoms with Crippen molar-refractivity contribution in [1.29, 1.82) is 0 Å². The van der Waals surface area contributed by atoms with Crippen LogP contribution in [0.1, 0.15) is 34.6 Å². The van der Waals surface area contributed by atoms with Gasteiger partial charge in [-0.2, -0.15) is 13.2 Å². The molecule has 1 nitrogen and oxygen atoms in total. The number of halogens is 3. The number of nitrogens with zero attached hydrogens (tertiary/aromatic N) is 1. The first kappa shape index (κ1) is 15.6. The van der Waals surface area contributed by atoms with E-state index in [1.54, 1.807) is 50.8 Å². The highest BCUT2D eigenvalue weighted by molar-refractivity contribution is 5.38. The molecule has 0 aromatic rings. The molecule has 4 heteroatoms. The van der Waals surface area contributed by atoms with Gasteiger partial charge in [0.25, 0.3) is 0 Å². The molecule has 1 rings (SSSR count). The molecule has 0 aliphatic carbocycles. The molecule has 0 N–H and O–H groups in total. The molecule has 0 aromatic heterocycles. The van der Waals surface area contributed by atoms with Crippen molar-refractivity contribution in [2.24, 2.45) is 5.41 Å². The van der Waals surface area contributed by atoms with Gasteiger partial charge in [0.15, 0.2) is 0 Å². The Labute approximate surface area is 112 Å². The molecule has 0 spiro atoms. The summed E-state index contributed by atoms with van der Waals surface area (Å²) in [5, 5.41) is 0. The first-order valence-electron chi connectivity index (χ1n) is 6.09. The third-order valence-electron chi connectivity index (χ3n) is 2.98. The molecule has 0 aromatic carbocycles. The Morgan fingerprint density at radius 2 is 1.74 bits per heavy atom. The van der Waals surface area contributed by atoms with Crippen LogP contribution < -0.4 is 0 Å². The van der Waals surface area contributed by atoms with E-state index in [0.717, 1.165) is 12.6 Å². The lowest BCUT2D eigenvalue weighted by atomic mass is 9.86. The van der Waals surface area contributed by atoms with Crippen molar-refractivity contribution in [2.75, 3.05) is 0 Å². The van der Waals surface area contributed by atoms with Gasteiger partial charge < -0.3 is 4.90 Å². The fourth-order valence-corrected chi connectivity index (χ4v) is 2.19. The molecule has 0 amide bonds. The molecule has 0 radical (unpaired) electrons. The second kappa shape index (κ2) is 4.91. The maximum absolute atomic E-state index is 13.1. The summed E-state index contributed by atoms with van der Waals surface area (Å²) in [5.41, 5.74) is 0.310. The highest BCUT2D eigenvalue weighted by Gasteiger charge is 2.39. The van der Waals surface area contributed by atoms with Crippen molar-refractivity contribution < 1.29 is 13.2 Å². The molecule has 19 heavy (non-hydrogen) atoms. The van der Waals surface area contributed by atoms with Crippen molar-refractivity contribution in [3.05, 3.63) is 47.5 Å². The van der Waals surface area contributed by atoms with Crippen molar-refractivity contribution >= 4 is 0 Å². The van der Waals surface area contributed by atoms with Gasteiger partial charge in [-0.15, -0.1) is 0 Å². The van der Waals surface area contributed by atoms with E-state index in [2.05, 4.69) is 6.58 Å². The van der Waals surface area contributed by atoms with Crippen LogP contribution in [0.5, 0.6) is 0 Å². The Morgan fingerprint density at radius 1 is 1.21 bits per heavy atom. The molecular formula is C15H20F3N. The molecule has 1 heterocycles. The van der Waals surface area contributed by atoms with E-state index in [9.17, 15) is 13.2 Å². The van der Waals surface area contributed by atoms with Gasteiger partial charge in [-0.3, -0.25) is 0 Å². The van der Waals surface area contributed by atoms with Crippen LogP contribution in [0.4, 0.5) is 13.2 Å². The topological polar surface area (TPSA) is 3.24 Å². The Hall–Kier alpha value is -1.45. The van der Waals surface area contributed by atoms with E-state index in [-0.39, 0.29) is 5.70 Å². The zero-order valence-corrected chi connectivity index (χ0v) is 12.0. The Kier molecular flexibility index (Phi) is 4.03. The fraction of sp³-hybridized carbons (Fsp3) is 0.467. The molecule has 0 bridgehead atoms. The van der Waals surface area contributed by atoms with Crippen LogP contribution >= 0.6 is 0 Å². The van der Waals surface area contributed by atoms with Crippen LogP contribution in [0.3, 0.4) is 0 Å². The summed E-state index contributed by atoms with van der Waals surface area (Å²) in [7, 11) is 0. The van der Waals surface area contributed by atoms with E-state index in [1.165, 1.54) is 0 Å². The summed E-state index contributed by atoms with van der Waals surface area (Å²) in [4.78, 5) is 1.59. The SMILES string of the molecule is C=C1C=CC=C(C)N1/C(=C(\C)C(F)(F)F)C(C)(C)C. The minimum Gasteiger partial charge on any atom is -0.318 e. The van der Waals surface area contributed by atoms with Crippen molar-refractivity contribution in [2.45, 2.75) is 40.8 Å². The predicted octanol–water partition coefficient (Wildman–Crippen LogP) is 5.16. The number of alkyl halides is 3. The number of rotatable bonds is 1. The predicted molar refractivity (Wildman–Crippen MR) is 72.1 cm³/mol. The third-order valence-corrected chi connectivity index (χ3v) is 2.98. The van der Waals surface area contributed by atoms with Gasteiger partial charge in [0, 0.05) is 22.5 Å². The molecule has 0 atom stereocenters. The summed E-state index contributed by atoms with van der Waals surface area (Å²) in [6.45, 7) is 12.1. The maximum Gasteiger partial charge on any atom is 0.414 e. The standard InChI is InChI=1S/C15H20F3N/c1-10-8-7-9-11(2)19(10)13(14(4,5)6)12(3)15(16,17)18/h7-9H,1H2,2-6H3/b13-12+. The maximum atomic E-state index is 13.1. The summed E-state index contributed by atoms with van der Waals surface area (Å²) >= 11 is 0. The zero-order chi connectivity index (χ0) is 15.0. The first-order chi connectivity index (χ1) is 8.46. The van der Waals surface area contributed by atoms with Crippen LogP contribution in [0.25, 0.3) is 0 Å². The van der Waals surface area contributed by atoms with Crippen molar-refractivity contribution in [3.63, 3.8) is 0 Å². The van der Waals surface area contributed by atoms with Crippen molar-refractivity contribution in [1.82, 2.24) is 4.90 Å². The molecular weight excluding hydrogens is 251 g/mol. The second-order valence-electron chi connectivity index (χ2n) is 5.72. The lowest BCUT2D eigenvalue weighted by Gasteiger charge is -2.39. The summed E-state index contributed by atoms with van der Waals surface area (Å²) in [6, 6.07) is 0. The average Bonchev–Trinajstić information content (AvgIpc) is 2.19. The highest BCUT2D eigenvalue weighted by atomic mass is 19.4. The molecule has 0 unspecified atom stereocenters. The minimum absolute atomic E-state index is 0.239. The van der Waals surface area contributed by atoms with Gasteiger partial charge in [-0.25, -0.2) is 0 Å². The van der Waals surface area contributed by atoms with Crippen molar-refractivity contribution in [3.8, 4) is 0 Å². The van der Waals surface area contributed by atoms with Gasteiger partial charge in [0.05, 0.1) is 5.57 Å². The lowest BCUT2D eigenvalue weighted by molar-refractivity contribution is -0.0942. The van der Waals surface area contributed by atoms with E-state index in [4.69, 9.17) is 0 Å². The molecule has 0 saturated heterocycles. The average molecular weight is 271 g/mol. The van der Waals surface area contributed by atoms with E-state index >= 15 is 0 Å². The van der Waals surface area contributed by atoms with Gasteiger partial charge in [-0.05, 0) is 26.0 Å². The lowest BCUT2D eigenvalue weighted by Crippen LogP contribution is -2.32. The Balaban J connectivity index is 3.49. The fourth-order valence-electron chi connectivity index (χ4n) is 2.19. The molecule has 1 aliphatic rings. The number of hydrogen-bond donors (Lipinski definition) is 0. The van der Waals surface area contributed by atoms with E-state index in [1.807, 2.05) is 0 Å². The van der Waals surface area contributed by atoms with Gasteiger partial charge in [0.2, 0.25) is 0 Å². The molecule has 0 saturated carbocycles. The minimum atomic E-state index is -4.34. The van der Waals surface area contributed by atoms with Gasteiger partial charge in [-0.1, -0.05) is 33.4 Å². The summed E-state index contributed by atoms with van der Waals surface area (Å²) in [6.07, 6.45) is 0.939. The zero-order valence-electron chi connectivity index (χ0n) is 12.0. The van der Waals surface area contributed by atoms with Crippen LogP contribution in [0.2, 0.25) is 0 Å². The largest absolute Gasteiger partial charge is 0.414 e. The van der Waals surface area contributed by atoms with Crippen LogP contribution in [-0.2, 0) is 0 Å². The molecule has 0 fully saturated rings. The van der Waals surface area contributed by atoms with Gasteiger partial charge >= 0.3 is 6.18 Å². The van der Waals surface area contributed by atoms with Gasteiger partial charge in [0.1, 0.15) is 0 Å². The first-order valence-corrected chi connectivity index (χ1v) is 6.09.